The van der Waals surface area contributed by atoms with Gasteiger partial charge in [0.1, 0.15) is 5.67 Å². The van der Waals surface area contributed by atoms with Gasteiger partial charge in [-0.2, -0.15) is 0 Å². The molecule has 0 N–H and O–H groups in total. The minimum atomic E-state index is -1.15. The minimum Gasteiger partial charge on any atom is -0.294 e. The molecule has 0 spiro atoms. The predicted octanol–water partition coefficient (Wildman–Crippen LogP) is 4.72. The average Bonchev–Trinajstić information content (AvgIpc) is 2.86. The van der Waals surface area contributed by atoms with E-state index in [9.17, 15) is 9.59 Å². The van der Waals surface area contributed by atoms with E-state index in [-0.39, 0.29) is 11.6 Å². The van der Waals surface area contributed by atoms with Crippen LogP contribution >= 0.6 is 0 Å². The number of hydrogen-bond donors (Lipinski definition) is 0. The zero-order valence-corrected chi connectivity index (χ0v) is 15.2. The molecule has 1 aromatic rings. The first kappa shape index (κ1) is 18.8. The van der Waals surface area contributed by atoms with Gasteiger partial charge in [-0.15, -0.1) is 0 Å². The highest BCUT2D eigenvalue weighted by Gasteiger charge is 2.33. The lowest BCUT2D eigenvalue weighted by atomic mass is 9.94. The summed E-state index contributed by atoms with van der Waals surface area (Å²) < 4.78 is 15.1. The van der Waals surface area contributed by atoms with Crippen LogP contribution < -0.4 is 0 Å². The van der Waals surface area contributed by atoms with Gasteiger partial charge in [-0.05, 0) is 49.9 Å². The molecule has 0 radical (unpaired) electrons. The van der Waals surface area contributed by atoms with Crippen molar-refractivity contribution in [3.63, 3.8) is 0 Å². The number of carbonyl (C=O) groups is 2. The summed E-state index contributed by atoms with van der Waals surface area (Å²) in [6.07, 6.45) is 2.82. The summed E-state index contributed by atoms with van der Waals surface area (Å²) in [5, 5.41) is 0. The van der Waals surface area contributed by atoms with E-state index in [1.165, 1.54) is 13.8 Å². The highest BCUT2D eigenvalue weighted by atomic mass is 19.1. The summed E-state index contributed by atoms with van der Waals surface area (Å²) in [6, 6.07) is 3.65. The summed E-state index contributed by atoms with van der Waals surface area (Å²) in [5.74, 6) is -0.198. The van der Waals surface area contributed by atoms with Crippen LogP contribution in [-0.4, -0.2) is 28.7 Å². The standard InChI is InChI=1S/C20H28FNO2/c1-5-7-20(21,8-6-2)13-22-11-16-9-18(14(3)23)19(15(4)24)10-17(16)12-22/h9-10H,5-8,11-13H2,1-4H3. The van der Waals surface area contributed by atoms with Crippen LogP contribution in [0, 0.1) is 0 Å². The molecule has 1 aliphatic heterocycles. The van der Waals surface area contributed by atoms with Crippen molar-refractivity contribution >= 4 is 11.6 Å². The maximum Gasteiger partial charge on any atom is 0.160 e. The lowest BCUT2D eigenvalue weighted by Crippen LogP contribution is -2.37. The van der Waals surface area contributed by atoms with E-state index >= 15 is 4.39 Å². The van der Waals surface area contributed by atoms with Crippen LogP contribution in [0.25, 0.3) is 0 Å². The molecule has 1 heterocycles. The summed E-state index contributed by atoms with van der Waals surface area (Å²) >= 11 is 0. The van der Waals surface area contributed by atoms with E-state index in [1.807, 2.05) is 26.0 Å². The molecule has 4 heteroatoms. The molecular weight excluding hydrogens is 305 g/mol. The molecule has 2 rings (SSSR count). The van der Waals surface area contributed by atoms with Crippen molar-refractivity contribution in [3.8, 4) is 0 Å². The Morgan fingerprint density at radius 3 is 1.75 bits per heavy atom. The van der Waals surface area contributed by atoms with Gasteiger partial charge in [0.25, 0.3) is 0 Å². The number of nitrogens with zero attached hydrogens (tertiary/aromatic N) is 1. The largest absolute Gasteiger partial charge is 0.294 e. The molecule has 0 saturated carbocycles. The van der Waals surface area contributed by atoms with Gasteiger partial charge in [0, 0.05) is 30.8 Å². The normalized spacial score (nSPS) is 14.7. The Labute approximate surface area is 144 Å². The average molecular weight is 333 g/mol. The molecule has 0 fully saturated rings. The van der Waals surface area contributed by atoms with Crippen LogP contribution in [0.5, 0.6) is 0 Å². The number of alkyl halides is 1. The predicted molar refractivity (Wildman–Crippen MR) is 94.2 cm³/mol. The molecule has 24 heavy (non-hydrogen) atoms. The molecular formula is C20H28FNO2. The Morgan fingerprint density at radius 2 is 1.42 bits per heavy atom. The van der Waals surface area contributed by atoms with Crippen LogP contribution in [0.15, 0.2) is 12.1 Å². The molecule has 1 aromatic carbocycles. The van der Waals surface area contributed by atoms with Crippen molar-refractivity contribution in [2.45, 2.75) is 72.1 Å². The van der Waals surface area contributed by atoms with E-state index in [1.54, 1.807) is 0 Å². The lowest BCUT2D eigenvalue weighted by molar-refractivity contribution is 0.0715. The van der Waals surface area contributed by atoms with Crippen molar-refractivity contribution in [2.75, 3.05) is 6.54 Å². The van der Waals surface area contributed by atoms with E-state index in [0.29, 0.717) is 43.6 Å². The first-order valence-electron chi connectivity index (χ1n) is 8.88. The summed E-state index contributed by atoms with van der Waals surface area (Å²) in [4.78, 5) is 25.8. The molecule has 132 valence electrons. The zero-order valence-electron chi connectivity index (χ0n) is 15.2. The van der Waals surface area contributed by atoms with E-state index < -0.39 is 5.67 Å². The van der Waals surface area contributed by atoms with Crippen LogP contribution in [0.4, 0.5) is 4.39 Å². The van der Waals surface area contributed by atoms with Gasteiger partial charge in [0.2, 0.25) is 0 Å². The number of fused-ring (bicyclic) bond motifs is 1. The number of carbonyl (C=O) groups excluding carboxylic acids is 2. The molecule has 0 aromatic heterocycles. The maximum absolute atomic E-state index is 15.1. The topological polar surface area (TPSA) is 37.4 Å². The van der Waals surface area contributed by atoms with Gasteiger partial charge >= 0.3 is 0 Å². The number of hydrogen-bond acceptors (Lipinski definition) is 3. The quantitative estimate of drug-likeness (QED) is 0.646. The van der Waals surface area contributed by atoms with Crippen molar-refractivity contribution in [1.82, 2.24) is 4.90 Å². The SMILES string of the molecule is CCCC(F)(CCC)CN1Cc2cc(C(C)=O)c(C(C)=O)cc2C1. The third-order valence-electron chi connectivity index (χ3n) is 4.79. The Hall–Kier alpha value is -1.55. The molecule has 1 aliphatic rings. The van der Waals surface area contributed by atoms with Crippen LogP contribution in [0.2, 0.25) is 0 Å². The number of ketones is 2. The molecule has 0 unspecified atom stereocenters. The molecule has 0 bridgehead atoms. The van der Waals surface area contributed by atoms with Crippen molar-refractivity contribution in [1.29, 1.82) is 0 Å². The molecule has 0 saturated heterocycles. The van der Waals surface area contributed by atoms with Crippen LogP contribution in [0.3, 0.4) is 0 Å². The van der Waals surface area contributed by atoms with Crippen LogP contribution in [-0.2, 0) is 13.1 Å². The van der Waals surface area contributed by atoms with Gasteiger partial charge in [-0.25, -0.2) is 4.39 Å². The first-order valence-corrected chi connectivity index (χ1v) is 8.88. The fraction of sp³-hybridized carbons (Fsp3) is 0.600. The van der Waals surface area contributed by atoms with Gasteiger partial charge in [0.05, 0.1) is 0 Å². The van der Waals surface area contributed by atoms with Crippen molar-refractivity contribution < 1.29 is 14.0 Å². The fourth-order valence-corrected chi connectivity index (χ4v) is 3.80. The summed E-state index contributed by atoms with van der Waals surface area (Å²) in [6.45, 7) is 8.70. The lowest BCUT2D eigenvalue weighted by Gasteiger charge is -2.29. The van der Waals surface area contributed by atoms with Gasteiger partial charge < -0.3 is 0 Å². The molecule has 3 nitrogen and oxygen atoms in total. The Morgan fingerprint density at radius 1 is 1.00 bits per heavy atom. The van der Waals surface area contributed by atoms with E-state index in [0.717, 1.165) is 24.0 Å². The van der Waals surface area contributed by atoms with E-state index in [4.69, 9.17) is 0 Å². The number of Topliss-reactive ketones (excluding diaryl/α,β-unsaturated/α-hetero) is 2. The first-order chi connectivity index (χ1) is 11.3. The molecule has 0 atom stereocenters. The number of rotatable bonds is 8. The van der Waals surface area contributed by atoms with Gasteiger partial charge in [-0.1, -0.05) is 26.7 Å². The Kier molecular flexibility index (Phi) is 5.92. The smallest absolute Gasteiger partial charge is 0.160 e. The monoisotopic (exact) mass is 333 g/mol. The van der Waals surface area contributed by atoms with Crippen molar-refractivity contribution in [3.05, 3.63) is 34.4 Å². The molecule has 0 amide bonds. The third-order valence-corrected chi connectivity index (χ3v) is 4.79. The van der Waals surface area contributed by atoms with Crippen LogP contribution in [0.1, 0.15) is 85.2 Å². The highest BCUT2D eigenvalue weighted by molar-refractivity contribution is 6.07. The second-order valence-electron chi connectivity index (χ2n) is 7.07. The molecule has 0 aliphatic carbocycles. The summed E-state index contributed by atoms with van der Waals surface area (Å²) in [5.41, 5.74) is 1.90. The fourth-order valence-electron chi connectivity index (χ4n) is 3.80. The van der Waals surface area contributed by atoms with Gasteiger partial charge in [-0.3, -0.25) is 14.5 Å². The number of halogens is 1. The minimum absolute atomic E-state index is 0.0988. The second-order valence-corrected chi connectivity index (χ2v) is 7.07. The number of benzene rings is 1. The zero-order chi connectivity index (χ0) is 17.9. The van der Waals surface area contributed by atoms with Gasteiger partial charge in [0.15, 0.2) is 11.6 Å². The highest BCUT2D eigenvalue weighted by Crippen LogP contribution is 2.32. The third kappa shape index (κ3) is 4.10. The maximum atomic E-state index is 15.1. The summed E-state index contributed by atoms with van der Waals surface area (Å²) in [7, 11) is 0. The van der Waals surface area contributed by atoms with E-state index in [2.05, 4.69) is 4.90 Å². The Bertz CT molecular complexity index is 590. The Balaban J connectivity index is 2.22. The second kappa shape index (κ2) is 7.56. The van der Waals surface area contributed by atoms with Crippen molar-refractivity contribution in [2.24, 2.45) is 0 Å².